The van der Waals surface area contributed by atoms with Crippen molar-refractivity contribution < 1.29 is 28.2 Å². The van der Waals surface area contributed by atoms with E-state index < -0.39 is 17.5 Å². The van der Waals surface area contributed by atoms with Gasteiger partial charge >= 0.3 is 0 Å². The lowest BCUT2D eigenvalue weighted by molar-refractivity contribution is -0.116. The van der Waals surface area contributed by atoms with Crippen LogP contribution in [-0.4, -0.2) is 75.6 Å². The highest BCUT2D eigenvalue weighted by atomic mass is 19.2. The maximum absolute atomic E-state index is 13.8. The molecule has 0 atom stereocenters. The first kappa shape index (κ1) is 29.2. The monoisotopic (exact) mass is 565 g/mol. The molecule has 0 aliphatic rings. The summed E-state index contributed by atoms with van der Waals surface area (Å²) in [5.74, 6) is 1.30. The summed E-state index contributed by atoms with van der Waals surface area (Å²) in [6.07, 6.45) is 10.5. The molecular formula is C28H29F2N7O4. The molecule has 2 heterocycles. The number of carbonyl (C=O) groups excluding carboxylic acids is 1. The number of carbonyl (C=O) groups is 1. The fraction of sp³-hybridized carbons (Fsp3) is 0.286. The summed E-state index contributed by atoms with van der Waals surface area (Å²) in [4.78, 5) is 23.0. The molecule has 0 spiro atoms. The molecular weight excluding hydrogens is 536 g/mol. The first-order valence-electron chi connectivity index (χ1n) is 12.7. The minimum absolute atomic E-state index is 0.0328. The van der Waals surface area contributed by atoms with E-state index in [-0.39, 0.29) is 18.8 Å². The lowest BCUT2D eigenvalue weighted by atomic mass is 10.2. The summed E-state index contributed by atoms with van der Waals surface area (Å²) in [6.45, 7) is 1.84. The minimum Gasteiger partial charge on any atom is -0.493 e. The van der Waals surface area contributed by atoms with Crippen LogP contribution in [0.3, 0.4) is 0 Å². The van der Waals surface area contributed by atoms with Crippen molar-refractivity contribution in [2.24, 2.45) is 0 Å². The number of benzene rings is 2. The smallest absolute Gasteiger partial charge is 0.246 e. The molecule has 3 N–H and O–H groups in total. The fourth-order valence-corrected chi connectivity index (χ4v) is 4.04. The van der Waals surface area contributed by atoms with E-state index in [4.69, 9.17) is 21.0 Å². The van der Waals surface area contributed by atoms with Crippen molar-refractivity contribution in [3.8, 4) is 23.8 Å². The van der Waals surface area contributed by atoms with Gasteiger partial charge in [0.1, 0.15) is 18.7 Å². The minimum atomic E-state index is -1.13. The van der Waals surface area contributed by atoms with E-state index in [1.165, 1.54) is 36.4 Å². The largest absolute Gasteiger partial charge is 0.493 e. The third-order valence-electron chi connectivity index (χ3n) is 5.96. The molecule has 0 aliphatic heterocycles. The third-order valence-corrected chi connectivity index (χ3v) is 5.96. The van der Waals surface area contributed by atoms with Crippen LogP contribution in [0.2, 0.25) is 0 Å². The number of methoxy groups -OCH3 is 1. The number of halogens is 2. The normalized spacial score (nSPS) is 10.9. The molecule has 13 heteroatoms. The Hall–Kier alpha value is -4.80. The molecule has 0 saturated heterocycles. The number of fused-ring (bicyclic) bond motifs is 1. The molecule has 2 aromatic heterocycles. The Labute approximate surface area is 235 Å². The average Bonchev–Trinajstić information content (AvgIpc) is 3.39. The van der Waals surface area contributed by atoms with Crippen LogP contribution in [0.4, 0.5) is 26.0 Å². The van der Waals surface area contributed by atoms with Gasteiger partial charge in [0, 0.05) is 30.7 Å². The van der Waals surface area contributed by atoms with Crippen LogP contribution in [0.15, 0.2) is 49.1 Å². The first-order chi connectivity index (χ1) is 19.9. The van der Waals surface area contributed by atoms with E-state index in [9.17, 15) is 13.6 Å². The highest BCUT2D eigenvalue weighted by molar-refractivity contribution is 5.93. The molecule has 11 nitrogen and oxygen atoms in total. The molecule has 2 aromatic carbocycles. The fourth-order valence-electron chi connectivity index (χ4n) is 4.04. The van der Waals surface area contributed by atoms with Crippen LogP contribution in [-0.2, 0) is 11.3 Å². The Morgan fingerprint density at radius 3 is 2.85 bits per heavy atom. The van der Waals surface area contributed by atoms with Gasteiger partial charge in [-0.25, -0.2) is 18.7 Å². The van der Waals surface area contributed by atoms with Gasteiger partial charge in [-0.1, -0.05) is 12.0 Å². The zero-order valence-corrected chi connectivity index (χ0v) is 22.3. The number of anilines is 3. The number of hydrogen-bond donors (Lipinski definition) is 3. The van der Waals surface area contributed by atoms with Gasteiger partial charge in [0.05, 0.1) is 50.0 Å². The van der Waals surface area contributed by atoms with Crippen molar-refractivity contribution in [2.75, 3.05) is 50.6 Å². The molecule has 4 aromatic rings. The van der Waals surface area contributed by atoms with Gasteiger partial charge in [0.2, 0.25) is 5.91 Å². The molecule has 0 saturated carbocycles. The maximum atomic E-state index is 13.8. The number of aromatic nitrogens is 4. The highest BCUT2D eigenvalue weighted by Crippen LogP contribution is 2.34. The van der Waals surface area contributed by atoms with Crippen LogP contribution in [0.5, 0.6) is 11.5 Å². The average molecular weight is 566 g/mol. The first-order valence-corrected chi connectivity index (χ1v) is 12.7. The number of rotatable bonds is 14. The molecule has 214 valence electrons. The number of amides is 1. The lowest BCUT2D eigenvalue weighted by Crippen LogP contribution is -2.29. The number of nitrogens with one attached hydrogen (secondary N) is 2. The summed E-state index contributed by atoms with van der Waals surface area (Å²) >= 11 is 0. The second-order valence-electron chi connectivity index (χ2n) is 8.85. The molecule has 0 radical (unpaired) electrons. The molecule has 0 unspecified atom stereocenters. The second-order valence-corrected chi connectivity index (χ2v) is 8.85. The molecule has 0 aliphatic carbocycles. The molecule has 0 fully saturated rings. The van der Waals surface area contributed by atoms with Crippen molar-refractivity contribution >= 4 is 34.0 Å². The standard InChI is InChI=1S/C28H29F2N7O4/c1-3-8-36(10-11-38)9-5-12-41-25-14-23-20(13-24(25)40-2)28(32-18-31-23)34-19-15-33-37(16-19)17-26(39)35-22-7-4-6-21(29)27(22)30/h1,4,6-7,13-16,18,38H,5,8-12,17H2,2H3,(H,35,39)(H,31,32,34). The van der Waals surface area contributed by atoms with Crippen LogP contribution < -0.4 is 20.1 Å². The number of aliphatic hydroxyl groups excluding tert-OH is 1. The van der Waals surface area contributed by atoms with Gasteiger partial charge < -0.3 is 25.2 Å². The van der Waals surface area contributed by atoms with E-state index in [1.807, 2.05) is 4.90 Å². The van der Waals surface area contributed by atoms with E-state index in [2.05, 4.69) is 31.6 Å². The Morgan fingerprint density at radius 1 is 1.22 bits per heavy atom. The number of hydrogen-bond acceptors (Lipinski definition) is 9. The van der Waals surface area contributed by atoms with Crippen LogP contribution in [0.25, 0.3) is 10.9 Å². The summed E-state index contributed by atoms with van der Waals surface area (Å²) in [6, 6.07) is 7.05. The Balaban J connectivity index is 1.41. The van der Waals surface area contributed by atoms with Gasteiger partial charge in [0.25, 0.3) is 0 Å². The third kappa shape index (κ3) is 7.65. The molecule has 41 heavy (non-hydrogen) atoms. The van der Waals surface area contributed by atoms with E-state index in [1.54, 1.807) is 18.3 Å². The highest BCUT2D eigenvalue weighted by Gasteiger charge is 2.14. The topological polar surface area (TPSA) is 127 Å². The number of nitrogens with zero attached hydrogens (tertiary/aromatic N) is 5. The number of ether oxygens (including phenoxy) is 2. The van der Waals surface area contributed by atoms with E-state index >= 15 is 0 Å². The predicted octanol–water partition coefficient (Wildman–Crippen LogP) is 3.19. The van der Waals surface area contributed by atoms with Gasteiger partial charge in [-0.3, -0.25) is 14.4 Å². The van der Waals surface area contributed by atoms with Crippen molar-refractivity contribution in [3.63, 3.8) is 0 Å². The van der Waals surface area contributed by atoms with Crippen molar-refractivity contribution in [2.45, 2.75) is 13.0 Å². The van der Waals surface area contributed by atoms with Crippen LogP contribution in [0.1, 0.15) is 6.42 Å². The summed E-state index contributed by atoms with van der Waals surface area (Å²) in [5, 5.41) is 19.5. The van der Waals surface area contributed by atoms with Crippen LogP contribution >= 0.6 is 0 Å². The molecule has 4 rings (SSSR count). The Kier molecular flexibility index (Phi) is 9.98. The van der Waals surface area contributed by atoms with Gasteiger partial charge in [0.15, 0.2) is 23.1 Å². The van der Waals surface area contributed by atoms with E-state index in [0.717, 1.165) is 6.07 Å². The number of aliphatic hydroxyl groups is 1. The predicted molar refractivity (Wildman–Crippen MR) is 149 cm³/mol. The Morgan fingerprint density at radius 2 is 2.07 bits per heavy atom. The van der Waals surface area contributed by atoms with Crippen molar-refractivity contribution in [3.05, 3.63) is 60.7 Å². The number of terminal acetylenes is 1. The zero-order valence-electron chi connectivity index (χ0n) is 22.3. The van der Waals surface area contributed by atoms with Gasteiger partial charge in [-0.15, -0.1) is 6.42 Å². The summed E-state index contributed by atoms with van der Waals surface area (Å²) in [5.41, 5.74) is 0.891. The van der Waals surface area contributed by atoms with Crippen LogP contribution in [0, 0.1) is 24.0 Å². The zero-order chi connectivity index (χ0) is 29.2. The van der Waals surface area contributed by atoms with E-state index in [0.29, 0.717) is 66.6 Å². The van der Waals surface area contributed by atoms with Crippen molar-refractivity contribution in [1.29, 1.82) is 0 Å². The Bertz CT molecular complexity index is 1540. The summed E-state index contributed by atoms with van der Waals surface area (Å²) in [7, 11) is 1.53. The van der Waals surface area contributed by atoms with Crippen molar-refractivity contribution in [1.82, 2.24) is 24.6 Å². The second kappa shape index (κ2) is 14.0. The quantitative estimate of drug-likeness (QED) is 0.156. The van der Waals surface area contributed by atoms with Gasteiger partial charge in [-0.05, 0) is 24.6 Å². The molecule has 1 amide bonds. The maximum Gasteiger partial charge on any atom is 0.246 e. The lowest BCUT2D eigenvalue weighted by Gasteiger charge is -2.18. The SMILES string of the molecule is C#CCN(CCO)CCCOc1cc2ncnc(Nc3cnn(CC(=O)Nc4cccc(F)c4F)c3)c2cc1OC. The molecule has 0 bridgehead atoms. The summed E-state index contributed by atoms with van der Waals surface area (Å²) < 4.78 is 40.1. The van der Waals surface area contributed by atoms with Gasteiger partial charge in [-0.2, -0.15) is 5.10 Å².